The largest absolute Gasteiger partial charge is 0.744 e. The number of rotatable bonds is 15. The zero-order valence-electron chi connectivity index (χ0n) is 19.7. The number of hydrogen-bond acceptors (Lipinski definition) is 4. The van der Waals surface area contributed by atoms with Crippen LogP contribution in [0.2, 0.25) is 0 Å². The predicted octanol–water partition coefficient (Wildman–Crippen LogP) is 5.27. The van der Waals surface area contributed by atoms with Crippen LogP contribution in [0.4, 0.5) is 0 Å². The van der Waals surface area contributed by atoms with Crippen molar-refractivity contribution in [1.29, 1.82) is 0 Å². The van der Waals surface area contributed by atoms with Gasteiger partial charge < -0.3 is 14.1 Å². The second-order valence-corrected chi connectivity index (χ2v) is 9.73. The van der Waals surface area contributed by atoms with Gasteiger partial charge in [0.25, 0.3) is 0 Å². The molecule has 1 rings (SSSR count). The Kier molecular flexibility index (Phi) is 16.2. The summed E-state index contributed by atoms with van der Waals surface area (Å²) < 4.78 is 32.5. The molecular formula is C24H45NO4S. The second-order valence-electron chi connectivity index (χ2n) is 8.35. The molecular weight excluding hydrogens is 398 g/mol. The molecule has 0 aliphatic heterocycles. The van der Waals surface area contributed by atoms with Crippen molar-refractivity contribution in [3.05, 3.63) is 29.8 Å². The summed E-state index contributed by atoms with van der Waals surface area (Å²) in [6.07, 6.45) is 11.6. The van der Waals surface area contributed by atoms with E-state index in [1.165, 1.54) is 94.2 Å². The minimum atomic E-state index is -4.27. The van der Waals surface area contributed by atoms with Crippen LogP contribution < -0.4 is 0 Å². The maximum atomic E-state index is 10.4. The van der Waals surface area contributed by atoms with Crippen LogP contribution in [0.3, 0.4) is 0 Å². The first-order valence-electron chi connectivity index (χ1n) is 11.7. The van der Waals surface area contributed by atoms with Crippen LogP contribution >= 0.6 is 0 Å². The van der Waals surface area contributed by atoms with E-state index in [2.05, 4.69) is 20.8 Å². The van der Waals surface area contributed by atoms with Gasteiger partial charge in [-0.1, -0.05) is 57.7 Å². The average molecular weight is 444 g/mol. The number of aryl methyl sites for hydroxylation is 1. The average Bonchev–Trinajstić information content (AvgIpc) is 2.71. The molecule has 6 heteroatoms. The molecule has 5 nitrogen and oxygen atoms in total. The Bertz CT molecular complexity index is 609. The van der Waals surface area contributed by atoms with Crippen molar-refractivity contribution in [2.45, 2.75) is 90.4 Å². The molecule has 0 saturated heterocycles. The first kappa shape index (κ1) is 29.1. The summed E-state index contributed by atoms with van der Waals surface area (Å²) in [5.74, 6) is 0. The van der Waals surface area contributed by atoms with Gasteiger partial charge in [0.15, 0.2) is 0 Å². The molecule has 0 atom stereocenters. The monoisotopic (exact) mass is 443 g/mol. The third kappa shape index (κ3) is 13.4. The normalized spacial score (nSPS) is 11.8. The highest BCUT2D eigenvalue weighted by molar-refractivity contribution is 7.85. The van der Waals surface area contributed by atoms with Crippen LogP contribution in [0.5, 0.6) is 0 Å². The third-order valence-corrected chi connectivity index (χ3v) is 6.41. The zero-order chi connectivity index (χ0) is 22.9. The van der Waals surface area contributed by atoms with Gasteiger partial charge in [0.05, 0.1) is 31.1 Å². The SMILES string of the molecule is CCCCC[N+](CCCC)(CCCC)CCCCO.Cc1ccc(S(=O)(=O)[O-])cc1. The zero-order valence-corrected chi connectivity index (χ0v) is 20.6. The van der Waals surface area contributed by atoms with Gasteiger partial charge in [0, 0.05) is 6.61 Å². The molecule has 30 heavy (non-hydrogen) atoms. The molecule has 0 saturated carbocycles. The summed E-state index contributed by atoms with van der Waals surface area (Å²) in [6.45, 7) is 14.4. The van der Waals surface area contributed by atoms with Crippen LogP contribution in [-0.4, -0.2) is 55.3 Å². The summed E-state index contributed by atoms with van der Waals surface area (Å²) in [4.78, 5) is -0.178. The van der Waals surface area contributed by atoms with E-state index >= 15 is 0 Å². The number of hydrogen-bond donors (Lipinski definition) is 1. The molecule has 0 unspecified atom stereocenters. The van der Waals surface area contributed by atoms with E-state index in [4.69, 9.17) is 5.11 Å². The quantitative estimate of drug-likeness (QED) is 0.228. The van der Waals surface area contributed by atoms with Crippen molar-refractivity contribution < 1.29 is 22.6 Å². The van der Waals surface area contributed by atoms with Crippen molar-refractivity contribution in [3.8, 4) is 0 Å². The summed E-state index contributed by atoms with van der Waals surface area (Å²) in [7, 11) is -4.27. The van der Waals surface area contributed by atoms with Crippen LogP contribution in [0.15, 0.2) is 29.2 Å². The Labute approximate surface area is 185 Å². The van der Waals surface area contributed by atoms with Crippen LogP contribution in [0, 0.1) is 6.92 Å². The first-order valence-corrected chi connectivity index (χ1v) is 13.1. The lowest BCUT2D eigenvalue weighted by molar-refractivity contribution is -0.929. The molecule has 0 aliphatic rings. The lowest BCUT2D eigenvalue weighted by Crippen LogP contribution is -2.50. The van der Waals surface area contributed by atoms with Crippen molar-refractivity contribution in [2.24, 2.45) is 0 Å². The van der Waals surface area contributed by atoms with Crippen molar-refractivity contribution in [2.75, 3.05) is 32.8 Å². The van der Waals surface area contributed by atoms with E-state index in [1.807, 2.05) is 6.92 Å². The van der Waals surface area contributed by atoms with E-state index < -0.39 is 10.1 Å². The van der Waals surface area contributed by atoms with Gasteiger partial charge in [-0.3, -0.25) is 0 Å². The smallest absolute Gasteiger partial charge is 0.124 e. The lowest BCUT2D eigenvalue weighted by atomic mass is 10.1. The number of nitrogens with zero attached hydrogens (tertiary/aromatic N) is 1. The third-order valence-electron chi connectivity index (χ3n) is 5.56. The van der Waals surface area contributed by atoms with Gasteiger partial charge >= 0.3 is 0 Å². The van der Waals surface area contributed by atoms with Crippen LogP contribution in [0.25, 0.3) is 0 Å². The number of unbranched alkanes of at least 4 members (excludes halogenated alkanes) is 5. The Morgan fingerprint density at radius 1 is 0.767 bits per heavy atom. The fraction of sp³-hybridized carbons (Fsp3) is 0.750. The van der Waals surface area contributed by atoms with Crippen LogP contribution in [0.1, 0.15) is 84.1 Å². The van der Waals surface area contributed by atoms with Gasteiger partial charge in [-0.25, -0.2) is 8.42 Å². The topological polar surface area (TPSA) is 77.4 Å². The number of aliphatic hydroxyl groups is 1. The van der Waals surface area contributed by atoms with Gasteiger partial charge in [-0.15, -0.1) is 0 Å². The van der Waals surface area contributed by atoms with Crippen LogP contribution in [-0.2, 0) is 10.1 Å². The number of quaternary nitrogens is 1. The molecule has 176 valence electrons. The highest BCUT2D eigenvalue weighted by Gasteiger charge is 2.25. The molecule has 0 bridgehead atoms. The highest BCUT2D eigenvalue weighted by atomic mass is 32.2. The molecule has 1 N–H and O–H groups in total. The maximum Gasteiger partial charge on any atom is 0.124 e. The minimum Gasteiger partial charge on any atom is -0.744 e. The fourth-order valence-corrected chi connectivity index (χ4v) is 4.09. The van der Waals surface area contributed by atoms with Gasteiger partial charge in [0.2, 0.25) is 0 Å². The molecule has 0 heterocycles. The highest BCUT2D eigenvalue weighted by Crippen LogP contribution is 2.17. The van der Waals surface area contributed by atoms with Crippen molar-refractivity contribution >= 4 is 10.1 Å². The lowest BCUT2D eigenvalue weighted by Gasteiger charge is -2.39. The number of benzene rings is 1. The predicted molar refractivity (Wildman–Crippen MR) is 125 cm³/mol. The molecule has 1 aromatic rings. The van der Waals surface area contributed by atoms with E-state index in [0.29, 0.717) is 6.61 Å². The van der Waals surface area contributed by atoms with E-state index in [9.17, 15) is 13.0 Å². The standard InChI is InChI=1S/C17H38NO.C7H8O3S/c1-4-7-10-15-18(13-8-5-2,14-9-6-3)16-11-12-17-19;1-6-2-4-7(5-3-6)11(8,9)10/h19H,4-17H2,1-3H3;2-5H,1H3,(H,8,9,10)/q+1;/p-1. The number of aliphatic hydroxyl groups excluding tert-OH is 1. The van der Waals surface area contributed by atoms with E-state index in [1.54, 1.807) is 12.1 Å². The van der Waals surface area contributed by atoms with Gasteiger partial charge in [-0.05, 0) is 57.6 Å². The molecule has 0 fully saturated rings. The molecule has 0 aromatic heterocycles. The second kappa shape index (κ2) is 16.7. The molecule has 1 aromatic carbocycles. The first-order chi connectivity index (χ1) is 14.2. The molecule has 0 amide bonds. The fourth-order valence-electron chi connectivity index (χ4n) is 3.62. The van der Waals surface area contributed by atoms with Crippen molar-refractivity contribution in [1.82, 2.24) is 0 Å². The summed E-state index contributed by atoms with van der Waals surface area (Å²) in [5.41, 5.74) is 0.928. The van der Waals surface area contributed by atoms with Gasteiger partial charge in [-0.2, -0.15) is 0 Å². The minimum absolute atomic E-state index is 0.178. The Hall–Kier alpha value is -0.950. The summed E-state index contributed by atoms with van der Waals surface area (Å²) in [6, 6.07) is 5.78. The Morgan fingerprint density at radius 2 is 1.20 bits per heavy atom. The maximum absolute atomic E-state index is 10.4. The Morgan fingerprint density at radius 3 is 1.60 bits per heavy atom. The Balaban J connectivity index is 0.000000642. The van der Waals surface area contributed by atoms with Gasteiger partial charge in [0.1, 0.15) is 10.1 Å². The molecule has 0 radical (unpaired) electrons. The summed E-state index contributed by atoms with van der Waals surface area (Å²) in [5, 5.41) is 9.02. The molecule has 0 aliphatic carbocycles. The molecule has 0 spiro atoms. The van der Waals surface area contributed by atoms with E-state index in [-0.39, 0.29) is 4.90 Å². The van der Waals surface area contributed by atoms with Crippen molar-refractivity contribution in [3.63, 3.8) is 0 Å². The van der Waals surface area contributed by atoms with E-state index in [0.717, 1.165) is 12.0 Å². The summed E-state index contributed by atoms with van der Waals surface area (Å²) >= 11 is 0.